The predicted octanol–water partition coefficient (Wildman–Crippen LogP) is 5.05. The molecule has 0 unspecified atom stereocenters. The summed E-state index contributed by atoms with van der Waals surface area (Å²) in [6.45, 7) is 1.94. The topological polar surface area (TPSA) is 118 Å². The molecule has 4 N–H and O–H groups in total. The van der Waals surface area contributed by atoms with E-state index in [-0.39, 0.29) is 11.5 Å². The minimum atomic E-state index is -2.62. The summed E-state index contributed by atoms with van der Waals surface area (Å²) in [6.07, 6.45) is 4.45. The van der Waals surface area contributed by atoms with Crippen molar-refractivity contribution in [3.63, 3.8) is 0 Å². The Balaban J connectivity index is 1.65. The smallest absolute Gasteiger partial charge is 0.284 e. The fourth-order valence-corrected chi connectivity index (χ4v) is 4.94. The molecule has 170 valence electrons. The highest BCUT2D eigenvalue weighted by molar-refractivity contribution is 7.98. The number of thiol groups is 1. The number of nitrogens with two attached hydrogens (primary N) is 1. The first-order chi connectivity index (χ1) is 15.6. The third-order valence-corrected chi connectivity index (χ3v) is 6.64. The lowest BCUT2D eigenvalue weighted by atomic mass is 10.1. The van der Waals surface area contributed by atoms with Gasteiger partial charge < -0.3 is 15.6 Å². The maximum absolute atomic E-state index is 12.6. The van der Waals surface area contributed by atoms with Crippen molar-refractivity contribution < 1.29 is 14.1 Å². The van der Waals surface area contributed by atoms with Crippen LogP contribution >= 0.6 is 11.3 Å². The number of aromatic nitrogens is 1. The highest BCUT2D eigenvalue weighted by Gasteiger charge is 2.14. The van der Waals surface area contributed by atoms with Gasteiger partial charge in [-0.1, -0.05) is 17.7 Å². The van der Waals surface area contributed by atoms with E-state index in [0.717, 1.165) is 20.5 Å². The van der Waals surface area contributed by atoms with Crippen molar-refractivity contribution in [1.29, 1.82) is 0 Å². The Morgan fingerprint density at radius 1 is 1.09 bits per heavy atom. The number of carbonyl (C=O) groups excluding carboxylic acids is 2. The molecule has 0 saturated heterocycles. The molecular formula is C24H24N4O3S2. The van der Waals surface area contributed by atoms with E-state index in [9.17, 15) is 14.1 Å². The van der Waals surface area contributed by atoms with Gasteiger partial charge in [0.1, 0.15) is 5.82 Å². The van der Waals surface area contributed by atoms with E-state index in [1.54, 1.807) is 12.1 Å². The SMILES string of the molecule is Cc1cccc(C(=O)Nc2ccc3sc(-c4cc(C(=O)N=[SH](C)(C)O)cnc4N)cc3c2)c1. The van der Waals surface area contributed by atoms with Gasteiger partial charge in [0, 0.05) is 32.6 Å². The normalized spacial score (nSPS) is 11.9. The van der Waals surface area contributed by atoms with Crippen LogP contribution in [0.25, 0.3) is 20.5 Å². The number of hydrogen-bond acceptors (Lipinski definition) is 5. The van der Waals surface area contributed by atoms with E-state index in [1.807, 2.05) is 49.4 Å². The quantitative estimate of drug-likeness (QED) is 0.305. The first-order valence-corrected chi connectivity index (χ1v) is 13.5. The van der Waals surface area contributed by atoms with Crippen LogP contribution in [-0.4, -0.2) is 33.9 Å². The zero-order chi connectivity index (χ0) is 23.8. The van der Waals surface area contributed by atoms with Crippen LogP contribution < -0.4 is 11.1 Å². The second-order valence-electron chi connectivity index (χ2n) is 8.09. The monoisotopic (exact) mass is 480 g/mol. The molecule has 0 fully saturated rings. The number of amides is 2. The van der Waals surface area contributed by atoms with Gasteiger partial charge in [-0.3, -0.25) is 9.59 Å². The highest BCUT2D eigenvalue weighted by atomic mass is 32.3. The van der Waals surface area contributed by atoms with Gasteiger partial charge in [-0.2, -0.15) is 4.36 Å². The maximum Gasteiger partial charge on any atom is 0.284 e. The highest BCUT2D eigenvalue weighted by Crippen LogP contribution is 2.37. The number of nitrogens with zero attached hydrogens (tertiary/aromatic N) is 2. The number of anilines is 2. The molecule has 0 atom stereocenters. The van der Waals surface area contributed by atoms with Crippen LogP contribution in [0.2, 0.25) is 0 Å². The molecule has 0 spiro atoms. The van der Waals surface area contributed by atoms with Crippen LogP contribution in [-0.2, 0) is 10.1 Å². The van der Waals surface area contributed by atoms with Crippen molar-refractivity contribution in [1.82, 2.24) is 4.98 Å². The fraction of sp³-hybridized carbons (Fsp3) is 0.125. The van der Waals surface area contributed by atoms with Crippen molar-refractivity contribution >= 4 is 54.8 Å². The average molecular weight is 481 g/mol. The average Bonchev–Trinajstić information content (AvgIpc) is 3.16. The van der Waals surface area contributed by atoms with Crippen LogP contribution in [0.1, 0.15) is 26.3 Å². The second-order valence-corrected chi connectivity index (χ2v) is 12.0. The molecule has 0 aliphatic rings. The predicted molar refractivity (Wildman–Crippen MR) is 139 cm³/mol. The Morgan fingerprint density at radius 2 is 1.88 bits per heavy atom. The minimum Gasteiger partial charge on any atom is -0.383 e. The molecule has 0 radical (unpaired) electrons. The number of carbonyl (C=O) groups is 2. The summed E-state index contributed by atoms with van der Waals surface area (Å²) in [5.41, 5.74) is 9.29. The summed E-state index contributed by atoms with van der Waals surface area (Å²) >= 11 is 1.51. The molecule has 2 amide bonds. The minimum absolute atomic E-state index is 0.174. The molecule has 2 aromatic carbocycles. The van der Waals surface area contributed by atoms with Gasteiger partial charge in [-0.25, -0.2) is 4.98 Å². The van der Waals surface area contributed by atoms with E-state index < -0.39 is 16.0 Å². The fourth-order valence-electron chi connectivity index (χ4n) is 3.31. The molecule has 9 heteroatoms. The number of benzene rings is 2. The Hall–Kier alpha value is -3.40. The van der Waals surface area contributed by atoms with E-state index >= 15 is 0 Å². The van der Waals surface area contributed by atoms with Crippen LogP contribution in [0.5, 0.6) is 0 Å². The number of hydrogen-bond donors (Lipinski definition) is 4. The summed E-state index contributed by atoms with van der Waals surface area (Å²) in [4.78, 5) is 30.0. The number of nitrogens with one attached hydrogen (secondary N) is 1. The van der Waals surface area contributed by atoms with Gasteiger partial charge in [0.2, 0.25) is 0 Å². The van der Waals surface area contributed by atoms with Crippen molar-refractivity contribution in [3.8, 4) is 10.4 Å². The Bertz CT molecular complexity index is 1450. The molecule has 4 aromatic rings. The summed E-state index contributed by atoms with van der Waals surface area (Å²) in [5, 5.41) is 3.87. The lowest BCUT2D eigenvalue weighted by Gasteiger charge is -2.10. The first kappa shape index (κ1) is 22.8. The molecule has 4 rings (SSSR count). The van der Waals surface area contributed by atoms with Crippen molar-refractivity contribution in [2.45, 2.75) is 6.92 Å². The number of nitrogen functional groups attached to an aromatic ring is 1. The van der Waals surface area contributed by atoms with Gasteiger partial charge in [0.05, 0.1) is 5.56 Å². The Morgan fingerprint density at radius 3 is 2.61 bits per heavy atom. The molecule has 7 nitrogen and oxygen atoms in total. The summed E-state index contributed by atoms with van der Waals surface area (Å²) in [7, 11) is -2.62. The van der Waals surface area contributed by atoms with E-state index in [0.29, 0.717) is 22.6 Å². The van der Waals surface area contributed by atoms with E-state index in [1.165, 1.54) is 30.0 Å². The molecule has 0 saturated carbocycles. The lowest BCUT2D eigenvalue weighted by Crippen LogP contribution is -2.11. The van der Waals surface area contributed by atoms with Crippen LogP contribution in [0, 0.1) is 6.92 Å². The lowest BCUT2D eigenvalue weighted by molar-refractivity contribution is 0.100. The third kappa shape index (κ3) is 5.33. The zero-order valence-electron chi connectivity index (χ0n) is 18.4. The first-order valence-electron chi connectivity index (χ1n) is 10.1. The van der Waals surface area contributed by atoms with Crippen LogP contribution in [0.15, 0.2) is 65.2 Å². The van der Waals surface area contributed by atoms with Gasteiger partial charge in [0.15, 0.2) is 0 Å². The molecule has 0 aliphatic heterocycles. The number of fused-ring (bicyclic) bond motifs is 1. The number of thiophene rings is 1. The summed E-state index contributed by atoms with van der Waals surface area (Å²) < 4.78 is 14.8. The van der Waals surface area contributed by atoms with Gasteiger partial charge in [-0.05, 0) is 67.3 Å². The van der Waals surface area contributed by atoms with Crippen molar-refractivity contribution in [3.05, 3.63) is 77.5 Å². The molecular weight excluding hydrogens is 456 g/mol. The second kappa shape index (κ2) is 8.86. The number of rotatable bonds is 4. The number of aryl methyl sites for hydroxylation is 1. The molecule has 33 heavy (non-hydrogen) atoms. The van der Waals surface area contributed by atoms with E-state index in [2.05, 4.69) is 14.7 Å². The molecule has 0 aliphatic carbocycles. The Labute approximate surface area is 196 Å². The summed E-state index contributed by atoms with van der Waals surface area (Å²) in [5.74, 6) is -0.400. The maximum atomic E-state index is 12.6. The molecule has 2 aromatic heterocycles. The van der Waals surface area contributed by atoms with Gasteiger partial charge in [-0.15, -0.1) is 21.4 Å². The van der Waals surface area contributed by atoms with Crippen molar-refractivity contribution in [2.75, 3.05) is 23.6 Å². The third-order valence-electron chi connectivity index (χ3n) is 4.82. The Kier molecular flexibility index (Phi) is 6.11. The molecule has 2 heterocycles. The number of pyridine rings is 1. The van der Waals surface area contributed by atoms with Crippen molar-refractivity contribution in [2.24, 2.45) is 4.36 Å². The standard InChI is InChI=1S/C24H24N4O3S2/c1-14-5-4-6-15(9-14)23(29)27-18-7-8-20-16(10-18)12-21(32-20)19-11-17(13-26-22(19)25)24(30)28-33(2,3)31/h4-13,33H,1-3H3,(H2,25,26)(H,27,29)(H,28,30,31). The van der Waals surface area contributed by atoms with Crippen LogP contribution in [0.3, 0.4) is 0 Å². The molecule has 0 bridgehead atoms. The summed E-state index contributed by atoms with van der Waals surface area (Å²) in [6, 6.07) is 16.7. The van der Waals surface area contributed by atoms with E-state index in [4.69, 9.17) is 5.73 Å². The van der Waals surface area contributed by atoms with Gasteiger partial charge in [0.25, 0.3) is 11.8 Å². The zero-order valence-corrected chi connectivity index (χ0v) is 20.1. The van der Waals surface area contributed by atoms with Gasteiger partial charge >= 0.3 is 0 Å². The van der Waals surface area contributed by atoms with Crippen LogP contribution in [0.4, 0.5) is 11.5 Å². The largest absolute Gasteiger partial charge is 0.383 e.